The summed E-state index contributed by atoms with van der Waals surface area (Å²) in [7, 11) is 0. The van der Waals surface area contributed by atoms with Crippen molar-refractivity contribution >= 4 is 17.0 Å². The largest absolute Gasteiger partial charge is 0.398 e. The average Bonchev–Trinajstić information content (AvgIpc) is 2.64. The molecule has 2 rings (SSSR count). The molecule has 0 aliphatic carbocycles. The van der Waals surface area contributed by atoms with E-state index in [1.807, 2.05) is 16.8 Å². The number of aryl methyl sites for hydroxylation is 1. The first-order valence-corrected chi connectivity index (χ1v) is 5.21. The molecule has 0 bridgehead atoms. The van der Waals surface area contributed by atoms with Gasteiger partial charge < -0.3 is 5.73 Å². The Morgan fingerprint density at radius 3 is 2.79 bits per heavy atom. The number of thiophene rings is 1. The van der Waals surface area contributed by atoms with Gasteiger partial charge in [0.2, 0.25) is 0 Å². The van der Waals surface area contributed by atoms with E-state index < -0.39 is 0 Å². The molecule has 1 aromatic carbocycles. The van der Waals surface area contributed by atoms with Crippen molar-refractivity contribution < 1.29 is 4.39 Å². The second kappa shape index (κ2) is 3.42. The molecule has 0 saturated heterocycles. The number of rotatable bonds is 1. The van der Waals surface area contributed by atoms with Gasteiger partial charge in [-0.25, -0.2) is 4.39 Å². The number of nitrogens with two attached hydrogens (primary N) is 1. The molecule has 0 radical (unpaired) electrons. The summed E-state index contributed by atoms with van der Waals surface area (Å²) in [6.07, 6.45) is 0. The van der Waals surface area contributed by atoms with Crippen molar-refractivity contribution in [1.29, 1.82) is 0 Å². The predicted octanol–water partition coefficient (Wildman–Crippen LogP) is 3.44. The summed E-state index contributed by atoms with van der Waals surface area (Å²) >= 11 is 1.55. The highest BCUT2D eigenvalue weighted by atomic mass is 32.1. The van der Waals surface area contributed by atoms with Crippen LogP contribution in [0.5, 0.6) is 0 Å². The van der Waals surface area contributed by atoms with Gasteiger partial charge in [0.25, 0.3) is 0 Å². The number of nitrogen functional groups attached to an aromatic ring is 1. The van der Waals surface area contributed by atoms with Gasteiger partial charge in [-0.15, -0.1) is 0 Å². The van der Waals surface area contributed by atoms with Crippen molar-refractivity contribution in [2.24, 2.45) is 0 Å². The van der Waals surface area contributed by atoms with E-state index in [1.54, 1.807) is 24.3 Å². The van der Waals surface area contributed by atoms with E-state index in [9.17, 15) is 4.39 Å². The van der Waals surface area contributed by atoms with Gasteiger partial charge in [0, 0.05) is 11.3 Å². The molecule has 2 aromatic rings. The van der Waals surface area contributed by atoms with Crippen molar-refractivity contribution in [2.75, 3.05) is 5.73 Å². The van der Waals surface area contributed by atoms with Gasteiger partial charge in [0.1, 0.15) is 5.82 Å². The van der Waals surface area contributed by atoms with Crippen molar-refractivity contribution in [3.8, 4) is 11.1 Å². The standard InChI is InChI=1S/C11H10FNS/c1-7-4-10(12)9(5-11(7)13)8-2-3-14-6-8/h2-6H,13H2,1H3. The maximum atomic E-state index is 13.5. The Morgan fingerprint density at radius 1 is 1.36 bits per heavy atom. The summed E-state index contributed by atoms with van der Waals surface area (Å²) in [6.45, 7) is 1.80. The highest BCUT2D eigenvalue weighted by Crippen LogP contribution is 2.28. The van der Waals surface area contributed by atoms with Gasteiger partial charge in [-0.05, 0) is 47.0 Å². The molecule has 0 amide bonds. The summed E-state index contributed by atoms with van der Waals surface area (Å²) in [5.74, 6) is -0.213. The summed E-state index contributed by atoms with van der Waals surface area (Å²) in [5, 5.41) is 3.83. The molecule has 2 N–H and O–H groups in total. The van der Waals surface area contributed by atoms with Gasteiger partial charge in [-0.1, -0.05) is 0 Å². The van der Waals surface area contributed by atoms with Crippen LogP contribution in [0.2, 0.25) is 0 Å². The van der Waals surface area contributed by atoms with E-state index in [0.717, 1.165) is 11.1 Å². The lowest BCUT2D eigenvalue weighted by atomic mass is 10.0. The molecule has 1 aromatic heterocycles. The average molecular weight is 207 g/mol. The molecule has 14 heavy (non-hydrogen) atoms. The quantitative estimate of drug-likeness (QED) is 0.712. The third kappa shape index (κ3) is 1.51. The third-order valence-corrected chi connectivity index (χ3v) is 2.87. The molecule has 0 spiro atoms. The summed E-state index contributed by atoms with van der Waals surface area (Å²) in [4.78, 5) is 0. The van der Waals surface area contributed by atoms with Crippen LogP contribution in [0.3, 0.4) is 0 Å². The first-order valence-electron chi connectivity index (χ1n) is 4.26. The van der Waals surface area contributed by atoms with Crippen LogP contribution in [0.25, 0.3) is 11.1 Å². The maximum Gasteiger partial charge on any atom is 0.131 e. The van der Waals surface area contributed by atoms with Crippen LogP contribution in [0.15, 0.2) is 29.0 Å². The fourth-order valence-corrected chi connectivity index (χ4v) is 1.98. The normalized spacial score (nSPS) is 10.4. The van der Waals surface area contributed by atoms with Crippen LogP contribution in [0.1, 0.15) is 5.56 Å². The van der Waals surface area contributed by atoms with Crippen molar-refractivity contribution in [3.05, 3.63) is 40.3 Å². The van der Waals surface area contributed by atoms with Crippen LogP contribution >= 0.6 is 11.3 Å². The molecule has 3 heteroatoms. The number of hydrogen-bond donors (Lipinski definition) is 1. The molecular formula is C11H10FNS. The zero-order valence-corrected chi connectivity index (χ0v) is 8.57. The zero-order chi connectivity index (χ0) is 10.1. The third-order valence-electron chi connectivity index (χ3n) is 2.19. The monoisotopic (exact) mass is 207 g/mol. The Balaban J connectivity index is 2.60. The second-order valence-electron chi connectivity index (χ2n) is 3.20. The lowest BCUT2D eigenvalue weighted by Crippen LogP contribution is -1.92. The molecule has 1 heterocycles. The predicted molar refractivity (Wildman–Crippen MR) is 58.9 cm³/mol. The molecule has 0 aliphatic heterocycles. The smallest absolute Gasteiger partial charge is 0.131 e. The molecule has 0 atom stereocenters. The van der Waals surface area contributed by atoms with Crippen LogP contribution < -0.4 is 5.73 Å². The zero-order valence-electron chi connectivity index (χ0n) is 7.75. The number of halogens is 1. The summed E-state index contributed by atoms with van der Waals surface area (Å²) in [6, 6.07) is 5.05. The van der Waals surface area contributed by atoms with Crippen LogP contribution in [0, 0.1) is 12.7 Å². The van der Waals surface area contributed by atoms with Crippen LogP contribution in [0.4, 0.5) is 10.1 Å². The Labute approximate surface area is 86.0 Å². The molecule has 72 valence electrons. The van der Waals surface area contributed by atoms with E-state index in [4.69, 9.17) is 5.73 Å². The molecule has 0 fully saturated rings. The summed E-state index contributed by atoms with van der Waals surface area (Å²) < 4.78 is 13.5. The highest BCUT2D eigenvalue weighted by Gasteiger charge is 2.07. The molecule has 0 unspecified atom stereocenters. The van der Waals surface area contributed by atoms with E-state index in [0.29, 0.717) is 11.3 Å². The minimum absolute atomic E-state index is 0.213. The minimum Gasteiger partial charge on any atom is -0.398 e. The fraction of sp³-hybridized carbons (Fsp3) is 0.0909. The lowest BCUT2D eigenvalue weighted by Gasteiger charge is -2.05. The van der Waals surface area contributed by atoms with Gasteiger partial charge >= 0.3 is 0 Å². The number of anilines is 1. The molecule has 0 aliphatic rings. The van der Waals surface area contributed by atoms with Crippen LogP contribution in [-0.4, -0.2) is 0 Å². The topological polar surface area (TPSA) is 26.0 Å². The van der Waals surface area contributed by atoms with Gasteiger partial charge in [-0.3, -0.25) is 0 Å². The Kier molecular flexibility index (Phi) is 2.25. The Morgan fingerprint density at radius 2 is 2.14 bits per heavy atom. The molecule has 0 saturated carbocycles. The van der Waals surface area contributed by atoms with Gasteiger partial charge in [0.05, 0.1) is 0 Å². The van der Waals surface area contributed by atoms with E-state index >= 15 is 0 Å². The summed E-state index contributed by atoms with van der Waals surface area (Å²) in [5.41, 5.74) is 8.61. The van der Waals surface area contributed by atoms with Crippen molar-refractivity contribution in [2.45, 2.75) is 6.92 Å². The highest BCUT2D eigenvalue weighted by molar-refractivity contribution is 7.08. The Bertz CT molecular complexity index is 449. The number of benzene rings is 1. The molecular weight excluding hydrogens is 197 g/mol. The first-order chi connectivity index (χ1) is 6.68. The van der Waals surface area contributed by atoms with Crippen LogP contribution in [-0.2, 0) is 0 Å². The Hall–Kier alpha value is -1.35. The minimum atomic E-state index is -0.213. The number of hydrogen-bond acceptors (Lipinski definition) is 2. The maximum absolute atomic E-state index is 13.5. The lowest BCUT2D eigenvalue weighted by molar-refractivity contribution is 0.630. The van der Waals surface area contributed by atoms with E-state index in [1.165, 1.54) is 6.07 Å². The van der Waals surface area contributed by atoms with Gasteiger partial charge in [-0.2, -0.15) is 11.3 Å². The van der Waals surface area contributed by atoms with Gasteiger partial charge in [0.15, 0.2) is 0 Å². The van der Waals surface area contributed by atoms with E-state index in [2.05, 4.69) is 0 Å². The van der Waals surface area contributed by atoms with Crippen molar-refractivity contribution in [3.63, 3.8) is 0 Å². The van der Waals surface area contributed by atoms with Crippen molar-refractivity contribution in [1.82, 2.24) is 0 Å². The molecule has 1 nitrogen and oxygen atoms in total. The van der Waals surface area contributed by atoms with E-state index in [-0.39, 0.29) is 5.82 Å². The fourth-order valence-electron chi connectivity index (χ4n) is 1.33. The SMILES string of the molecule is Cc1cc(F)c(-c2ccsc2)cc1N. The second-order valence-corrected chi connectivity index (χ2v) is 3.98. The first kappa shape index (κ1) is 9.21.